The first kappa shape index (κ1) is 16.8. The summed E-state index contributed by atoms with van der Waals surface area (Å²) in [6.45, 7) is 7.60. The van der Waals surface area contributed by atoms with Gasteiger partial charge in [0.15, 0.2) is 0 Å². The number of benzene rings is 1. The number of nitrogens with zero attached hydrogens (tertiary/aromatic N) is 2. The van der Waals surface area contributed by atoms with Gasteiger partial charge in [-0.25, -0.2) is 0 Å². The predicted molar refractivity (Wildman–Crippen MR) is 100 cm³/mol. The fourth-order valence-electron chi connectivity index (χ4n) is 3.07. The first-order chi connectivity index (χ1) is 11.7. The zero-order chi connectivity index (χ0) is 16.8. The van der Waals surface area contributed by atoms with Crippen molar-refractivity contribution in [2.24, 2.45) is 5.92 Å². The first-order valence-electron chi connectivity index (χ1n) is 8.92. The lowest BCUT2D eigenvalue weighted by Crippen LogP contribution is -2.47. The molecule has 2 fully saturated rings. The van der Waals surface area contributed by atoms with E-state index >= 15 is 0 Å². The number of nitrogens with one attached hydrogen (secondary N) is 1. The highest BCUT2D eigenvalue weighted by molar-refractivity contribution is 5.99. The summed E-state index contributed by atoms with van der Waals surface area (Å²) in [7, 11) is 0. The molecule has 1 amide bonds. The number of amides is 1. The van der Waals surface area contributed by atoms with Gasteiger partial charge in [0.2, 0.25) is 5.91 Å². The van der Waals surface area contributed by atoms with E-state index in [0.717, 1.165) is 37.8 Å². The summed E-state index contributed by atoms with van der Waals surface area (Å²) in [6.07, 6.45) is 9.88. The van der Waals surface area contributed by atoms with Crippen molar-refractivity contribution in [1.82, 2.24) is 4.90 Å². The highest BCUT2D eigenvalue weighted by Crippen LogP contribution is 2.30. The van der Waals surface area contributed by atoms with Crippen molar-refractivity contribution >= 4 is 17.3 Å². The third-order valence-corrected chi connectivity index (χ3v) is 4.62. The molecular formula is C20H27N3O. The molecule has 1 aromatic carbocycles. The minimum absolute atomic E-state index is 0.0977. The van der Waals surface area contributed by atoms with Crippen molar-refractivity contribution in [3.63, 3.8) is 0 Å². The van der Waals surface area contributed by atoms with Crippen molar-refractivity contribution < 1.29 is 4.79 Å². The Morgan fingerprint density at radius 3 is 2.71 bits per heavy atom. The van der Waals surface area contributed by atoms with Crippen LogP contribution >= 0.6 is 0 Å². The molecule has 1 heterocycles. The molecule has 0 atom stereocenters. The van der Waals surface area contributed by atoms with Crippen LogP contribution in [0, 0.1) is 5.92 Å². The number of piperazine rings is 1. The van der Waals surface area contributed by atoms with E-state index in [-0.39, 0.29) is 5.91 Å². The van der Waals surface area contributed by atoms with Crippen molar-refractivity contribution in [1.29, 1.82) is 0 Å². The van der Waals surface area contributed by atoms with Gasteiger partial charge in [-0.1, -0.05) is 24.3 Å². The van der Waals surface area contributed by atoms with Crippen LogP contribution in [0.4, 0.5) is 11.4 Å². The molecule has 1 aliphatic carbocycles. The summed E-state index contributed by atoms with van der Waals surface area (Å²) in [5.41, 5.74) is 2.04. The highest BCUT2D eigenvalue weighted by atomic mass is 16.1. The summed E-state index contributed by atoms with van der Waals surface area (Å²) in [5.74, 6) is 0.866. The zero-order valence-corrected chi connectivity index (χ0v) is 14.4. The molecule has 3 rings (SSSR count). The van der Waals surface area contributed by atoms with Gasteiger partial charge in [0.1, 0.15) is 0 Å². The Morgan fingerprint density at radius 2 is 2.00 bits per heavy atom. The number of allylic oxidation sites excluding steroid dienone is 3. The Kier molecular flexibility index (Phi) is 5.70. The molecule has 24 heavy (non-hydrogen) atoms. The quantitative estimate of drug-likeness (QED) is 0.644. The van der Waals surface area contributed by atoms with Gasteiger partial charge in [-0.3, -0.25) is 9.69 Å². The topological polar surface area (TPSA) is 35.6 Å². The van der Waals surface area contributed by atoms with Crippen LogP contribution in [0.3, 0.4) is 0 Å². The molecule has 1 aliphatic heterocycles. The molecule has 0 aromatic heterocycles. The van der Waals surface area contributed by atoms with Crippen LogP contribution in [0.1, 0.15) is 19.8 Å². The lowest BCUT2D eigenvalue weighted by Gasteiger charge is -2.36. The molecule has 1 aromatic rings. The molecule has 2 aliphatic rings. The Morgan fingerprint density at radius 1 is 1.21 bits per heavy atom. The smallest absolute Gasteiger partial charge is 0.248 e. The maximum absolute atomic E-state index is 11.9. The van der Waals surface area contributed by atoms with Gasteiger partial charge in [0.25, 0.3) is 0 Å². The largest absolute Gasteiger partial charge is 0.369 e. The summed E-state index contributed by atoms with van der Waals surface area (Å²) in [4.78, 5) is 16.9. The molecule has 128 valence electrons. The van der Waals surface area contributed by atoms with Gasteiger partial charge < -0.3 is 10.2 Å². The molecule has 0 bridgehead atoms. The third-order valence-electron chi connectivity index (χ3n) is 4.62. The molecule has 4 heteroatoms. The Labute approximate surface area is 144 Å². The van der Waals surface area contributed by atoms with Crippen LogP contribution in [0.2, 0.25) is 0 Å². The van der Waals surface area contributed by atoms with Gasteiger partial charge in [-0.2, -0.15) is 0 Å². The third kappa shape index (κ3) is 4.96. The second kappa shape index (κ2) is 8.15. The second-order valence-corrected chi connectivity index (χ2v) is 6.66. The Balaban J connectivity index is 1.54. The van der Waals surface area contributed by atoms with Gasteiger partial charge >= 0.3 is 0 Å². The average molecular weight is 325 g/mol. The summed E-state index contributed by atoms with van der Waals surface area (Å²) in [5, 5.41) is 2.93. The number of anilines is 2. The average Bonchev–Trinajstić information content (AvgIpc) is 3.40. The molecule has 1 N–H and O–H groups in total. The molecule has 0 unspecified atom stereocenters. The maximum atomic E-state index is 11.9. The number of carbonyl (C=O) groups is 1. The van der Waals surface area contributed by atoms with Gasteiger partial charge in [-0.15, -0.1) is 0 Å². The van der Waals surface area contributed by atoms with Crippen molar-refractivity contribution in [3.8, 4) is 0 Å². The van der Waals surface area contributed by atoms with E-state index in [1.165, 1.54) is 25.1 Å². The Hall–Kier alpha value is -2.07. The van der Waals surface area contributed by atoms with Crippen LogP contribution < -0.4 is 10.2 Å². The predicted octanol–water partition coefficient (Wildman–Crippen LogP) is 3.29. The number of rotatable bonds is 6. The minimum atomic E-state index is -0.0977. The minimum Gasteiger partial charge on any atom is -0.369 e. The van der Waals surface area contributed by atoms with Crippen molar-refractivity contribution in [3.05, 3.63) is 48.6 Å². The summed E-state index contributed by atoms with van der Waals surface area (Å²) < 4.78 is 0. The first-order valence-corrected chi connectivity index (χ1v) is 8.92. The molecule has 1 saturated heterocycles. The molecule has 1 saturated carbocycles. The van der Waals surface area contributed by atoms with Crippen LogP contribution in [0.5, 0.6) is 0 Å². The van der Waals surface area contributed by atoms with E-state index in [1.54, 1.807) is 12.2 Å². The maximum Gasteiger partial charge on any atom is 0.248 e. The van der Waals surface area contributed by atoms with Gasteiger partial charge in [0, 0.05) is 50.2 Å². The lowest BCUT2D eigenvalue weighted by molar-refractivity contribution is -0.111. The van der Waals surface area contributed by atoms with E-state index in [0.29, 0.717) is 0 Å². The molecule has 0 radical (unpaired) electrons. The van der Waals surface area contributed by atoms with Crippen LogP contribution in [-0.2, 0) is 4.79 Å². The fraction of sp³-hybridized carbons (Fsp3) is 0.450. The summed E-state index contributed by atoms with van der Waals surface area (Å²) >= 11 is 0. The fourth-order valence-corrected chi connectivity index (χ4v) is 3.07. The van der Waals surface area contributed by atoms with Gasteiger partial charge in [-0.05, 0) is 43.9 Å². The van der Waals surface area contributed by atoms with Crippen LogP contribution in [0.15, 0.2) is 48.6 Å². The van der Waals surface area contributed by atoms with Crippen LogP contribution in [-0.4, -0.2) is 43.5 Å². The number of carbonyl (C=O) groups excluding carboxylic acids is 1. The van der Waals surface area contributed by atoms with Gasteiger partial charge in [0.05, 0.1) is 0 Å². The van der Waals surface area contributed by atoms with E-state index in [1.807, 2.05) is 31.2 Å². The zero-order valence-electron chi connectivity index (χ0n) is 14.4. The Bertz CT molecular complexity index is 611. The molecule has 4 nitrogen and oxygen atoms in total. The van der Waals surface area contributed by atoms with Crippen molar-refractivity contribution in [2.75, 3.05) is 42.9 Å². The normalized spacial score (nSPS) is 19.3. The summed E-state index contributed by atoms with van der Waals surface area (Å²) in [6, 6.07) is 8.14. The number of hydrogen-bond acceptors (Lipinski definition) is 3. The standard InChI is InChI=1S/C20H27N3O/c1-2-3-4-8-20(24)21-18-6-5-7-19(15-18)23-13-11-22(12-14-23)16-17-9-10-17/h2-8,15,17H,9-14,16H2,1H3,(H,21,24)/b3-2+,8-4+. The van der Waals surface area contributed by atoms with E-state index in [2.05, 4.69) is 27.2 Å². The van der Waals surface area contributed by atoms with E-state index < -0.39 is 0 Å². The van der Waals surface area contributed by atoms with E-state index in [4.69, 9.17) is 0 Å². The van der Waals surface area contributed by atoms with E-state index in [9.17, 15) is 4.79 Å². The SMILES string of the molecule is C/C=C/C=C/C(=O)Nc1cccc(N2CCN(CC3CC3)CC2)c1. The molecular weight excluding hydrogens is 298 g/mol. The van der Waals surface area contributed by atoms with Crippen LogP contribution in [0.25, 0.3) is 0 Å². The molecule has 0 spiro atoms. The van der Waals surface area contributed by atoms with Crippen molar-refractivity contribution in [2.45, 2.75) is 19.8 Å². The number of hydrogen-bond donors (Lipinski definition) is 1. The highest BCUT2D eigenvalue weighted by Gasteiger charge is 2.26. The second-order valence-electron chi connectivity index (χ2n) is 6.66. The lowest BCUT2D eigenvalue weighted by atomic mass is 10.2. The monoisotopic (exact) mass is 325 g/mol.